The summed E-state index contributed by atoms with van der Waals surface area (Å²) < 4.78 is 0. The number of aromatic nitrogens is 1. The molecule has 0 radical (unpaired) electrons. The van der Waals surface area contributed by atoms with Crippen LogP contribution in [0.2, 0.25) is 0 Å². The molecule has 0 aliphatic carbocycles. The molecule has 0 saturated carbocycles. The van der Waals surface area contributed by atoms with E-state index in [0.717, 1.165) is 35.5 Å². The van der Waals surface area contributed by atoms with Crippen LogP contribution in [0.5, 0.6) is 0 Å². The molecule has 1 fully saturated rings. The van der Waals surface area contributed by atoms with Gasteiger partial charge in [0.2, 0.25) is 5.91 Å². The van der Waals surface area contributed by atoms with Crippen molar-refractivity contribution in [3.8, 4) is 0 Å². The maximum atomic E-state index is 11.8. The van der Waals surface area contributed by atoms with Gasteiger partial charge in [0.25, 0.3) is 0 Å². The van der Waals surface area contributed by atoms with Gasteiger partial charge < -0.3 is 10.2 Å². The highest BCUT2D eigenvalue weighted by atomic mass is 32.2. The van der Waals surface area contributed by atoms with Crippen LogP contribution >= 0.6 is 23.1 Å². The predicted octanol–water partition coefficient (Wildman–Crippen LogP) is 2.53. The smallest absolute Gasteiger partial charge is 0.230 e. The fourth-order valence-corrected chi connectivity index (χ4v) is 4.08. The summed E-state index contributed by atoms with van der Waals surface area (Å²) in [7, 11) is 0. The Balaban J connectivity index is 1.53. The Morgan fingerprint density at radius 2 is 2.48 bits per heavy atom. The summed E-state index contributed by atoms with van der Waals surface area (Å²) in [5.41, 5.74) is 1.08. The molecule has 0 unspecified atom stereocenters. The van der Waals surface area contributed by atoms with Gasteiger partial charge in [0.1, 0.15) is 0 Å². The molecular formula is C15H25N3OS2. The first-order chi connectivity index (χ1) is 10.1. The molecule has 1 N–H and O–H groups in total. The Morgan fingerprint density at radius 3 is 3.19 bits per heavy atom. The Labute approximate surface area is 135 Å². The monoisotopic (exact) mass is 327 g/mol. The molecule has 1 amide bonds. The molecule has 1 saturated heterocycles. The van der Waals surface area contributed by atoms with E-state index < -0.39 is 0 Å². The van der Waals surface area contributed by atoms with Crippen LogP contribution in [-0.4, -0.2) is 47.7 Å². The van der Waals surface area contributed by atoms with E-state index in [4.69, 9.17) is 0 Å². The highest BCUT2D eigenvalue weighted by Gasteiger charge is 2.15. The molecule has 1 aromatic rings. The minimum Gasteiger partial charge on any atom is -0.354 e. The van der Waals surface area contributed by atoms with E-state index >= 15 is 0 Å². The summed E-state index contributed by atoms with van der Waals surface area (Å²) >= 11 is 3.30. The quantitative estimate of drug-likeness (QED) is 0.836. The maximum absolute atomic E-state index is 11.8. The van der Waals surface area contributed by atoms with E-state index in [1.165, 1.54) is 25.9 Å². The second-order valence-electron chi connectivity index (χ2n) is 5.75. The standard InChI is InChI=1S/C15H25N3OS2/c1-12-4-3-6-18(8-12)7-5-16-15(19)11-20-9-14-10-21-13(2)17-14/h10,12H,3-9,11H2,1-2H3,(H,16,19)/t12-/m1/s1. The lowest BCUT2D eigenvalue weighted by atomic mass is 10.0. The van der Waals surface area contributed by atoms with Gasteiger partial charge in [-0.15, -0.1) is 23.1 Å². The van der Waals surface area contributed by atoms with E-state index in [9.17, 15) is 4.79 Å². The molecule has 1 aliphatic rings. The fraction of sp³-hybridized carbons (Fsp3) is 0.733. The first kappa shape index (κ1) is 16.8. The van der Waals surface area contributed by atoms with E-state index in [1.807, 2.05) is 6.92 Å². The molecule has 1 aliphatic heterocycles. The van der Waals surface area contributed by atoms with Crippen LogP contribution in [0.3, 0.4) is 0 Å². The van der Waals surface area contributed by atoms with Crippen LogP contribution in [0.1, 0.15) is 30.5 Å². The third-order valence-corrected chi connectivity index (χ3v) is 5.43. The lowest BCUT2D eigenvalue weighted by Crippen LogP contribution is -2.40. The topological polar surface area (TPSA) is 45.2 Å². The van der Waals surface area contributed by atoms with E-state index in [2.05, 4.69) is 27.5 Å². The molecule has 6 heteroatoms. The molecule has 21 heavy (non-hydrogen) atoms. The zero-order valence-corrected chi connectivity index (χ0v) is 14.6. The van der Waals surface area contributed by atoms with E-state index in [-0.39, 0.29) is 5.91 Å². The lowest BCUT2D eigenvalue weighted by Gasteiger charge is -2.30. The number of amides is 1. The lowest BCUT2D eigenvalue weighted by molar-refractivity contribution is -0.118. The highest BCUT2D eigenvalue weighted by Crippen LogP contribution is 2.15. The Kier molecular flexibility index (Phi) is 6.99. The number of piperidine rings is 1. The van der Waals surface area contributed by atoms with Crippen LogP contribution < -0.4 is 5.32 Å². The highest BCUT2D eigenvalue weighted by molar-refractivity contribution is 7.99. The van der Waals surface area contributed by atoms with Gasteiger partial charge in [-0.25, -0.2) is 4.98 Å². The molecule has 0 spiro atoms. The van der Waals surface area contributed by atoms with Crippen LogP contribution in [0.15, 0.2) is 5.38 Å². The van der Waals surface area contributed by atoms with Crippen molar-refractivity contribution in [2.75, 3.05) is 31.9 Å². The van der Waals surface area contributed by atoms with Crippen molar-refractivity contribution in [1.82, 2.24) is 15.2 Å². The molecule has 2 rings (SSSR count). The number of aryl methyl sites for hydroxylation is 1. The largest absolute Gasteiger partial charge is 0.354 e. The summed E-state index contributed by atoms with van der Waals surface area (Å²) in [5, 5.41) is 6.17. The van der Waals surface area contributed by atoms with Gasteiger partial charge >= 0.3 is 0 Å². The third-order valence-electron chi connectivity index (χ3n) is 3.64. The summed E-state index contributed by atoms with van der Waals surface area (Å²) in [6.07, 6.45) is 2.63. The Bertz CT molecular complexity index is 450. The van der Waals surface area contributed by atoms with Crippen LogP contribution in [-0.2, 0) is 10.5 Å². The second kappa shape index (κ2) is 8.76. The van der Waals surface area contributed by atoms with Crippen molar-refractivity contribution in [1.29, 1.82) is 0 Å². The van der Waals surface area contributed by atoms with Crippen molar-refractivity contribution in [2.24, 2.45) is 5.92 Å². The summed E-state index contributed by atoms with van der Waals surface area (Å²) in [6.45, 7) is 8.41. The molecule has 118 valence electrons. The summed E-state index contributed by atoms with van der Waals surface area (Å²) in [6, 6.07) is 0. The fourth-order valence-electron chi connectivity index (χ4n) is 2.62. The van der Waals surface area contributed by atoms with Crippen LogP contribution in [0.25, 0.3) is 0 Å². The number of thiazole rings is 1. The number of rotatable bonds is 7. The minimum atomic E-state index is 0.136. The van der Waals surface area contributed by atoms with Gasteiger partial charge in [0.15, 0.2) is 0 Å². The number of carbonyl (C=O) groups excluding carboxylic acids is 1. The van der Waals surface area contributed by atoms with Crippen molar-refractivity contribution in [3.63, 3.8) is 0 Å². The average molecular weight is 328 g/mol. The van der Waals surface area contributed by atoms with Crippen molar-refractivity contribution >= 4 is 29.0 Å². The summed E-state index contributed by atoms with van der Waals surface area (Å²) in [5.74, 6) is 2.28. The van der Waals surface area contributed by atoms with Crippen molar-refractivity contribution in [3.05, 3.63) is 16.1 Å². The molecule has 4 nitrogen and oxygen atoms in total. The normalized spacial score (nSPS) is 19.6. The van der Waals surface area contributed by atoms with Gasteiger partial charge in [0.05, 0.1) is 16.5 Å². The van der Waals surface area contributed by atoms with Gasteiger partial charge in [-0.2, -0.15) is 0 Å². The summed E-state index contributed by atoms with van der Waals surface area (Å²) in [4.78, 5) is 18.6. The first-order valence-corrected chi connectivity index (χ1v) is 9.64. The minimum absolute atomic E-state index is 0.136. The van der Waals surface area contributed by atoms with Crippen LogP contribution in [0.4, 0.5) is 0 Å². The Morgan fingerprint density at radius 1 is 1.62 bits per heavy atom. The zero-order valence-electron chi connectivity index (χ0n) is 12.9. The number of likely N-dealkylation sites (tertiary alicyclic amines) is 1. The van der Waals surface area contributed by atoms with E-state index in [0.29, 0.717) is 5.75 Å². The number of nitrogens with one attached hydrogen (secondary N) is 1. The van der Waals surface area contributed by atoms with Gasteiger partial charge in [-0.05, 0) is 32.2 Å². The number of hydrogen-bond donors (Lipinski definition) is 1. The molecule has 0 bridgehead atoms. The molecule has 1 aromatic heterocycles. The first-order valence-electron chi connectivity index (χ1n) is 7.61. The second-order valence-corrected chi connectivity index (χ2v) is 7.80. The Hall–Kier alpha value is -0.590. The molecule has 2 heterocycles. The van der Waals surface area contributed by atoms with Gasteiger partial charge in [0, 0.05) is 30.8 Å². The molecular weight excluding hydrogens is 302 g/mol. The van der Waals surface area contributed by atoms with E-state index in [1.54, 1.807) is 23.1 Å². The van der Waals surface area contributed by atoms with Gasteiger partial charge in [-0.3, -0.25) is 4.79 Å². The number of nitrogens with zero attached hydrogens (tertiary/aromatic N) is 2. The molecule has 1 atom stereocenters. The zero-order chi connectivity index (χ0) is 15.1. The van der Waals surface area contributed by atoms with Crippen LogP contribution in [0, 0.1) is 12.8 Å². The average Bonchev–Trinajstić information content (AvgIpc) is 2.84. The van der Waals surface area contributed by atoms with Crippen molar-refractivity contribution in [2.45, 2.75) is 32.4 Å². The number of thioether (sulfide) groups is 1. The van der Waals surface area contributed by atoms with Crippen molar-refractivity contribution < 1.29 is 4.79 Å². The predicted molar refractivity (Wildman–Crippen MR) is 90.9 cm³/mol. The maximum Gasteiger partial charge on any atom is 0.230 e. The number of hydrogen-bond acceptors (Lipinski definition) is 5. The number of carbonyl (C=O) groups is 1. The molecule has 0 aromatic carbocycles. The SMILES string of the molecule is Cc1nc(CSCC(=O)NCCN2CCC[C@@H](C)C2)cs1. The van der Waals surface area contributed by atoms with Gasteiger partial charge in [-0.1, -0.05) is 6.92 Å². The third kappa shape index (κ3) is 6.36.